The van der Waals surface area contributed by atoms with Crippen LogP contribution in [-0.2, 0) is 6.42 Å². The van der Waals surface area contributed by atoms with Crippen molar-refractivity contribution in [1.29, 1.82) is 0 Å². The second-order valence-electron chi connectivity index (χ2n) is 5.17. The minimum absolute atomic E-state index is 0. The standard InChI is InChI=1S/C15H25N3O.HI/c1-2-3-9-16-15(18-12-13-6-7-13)17-10-8-14-5-4-11-19-14;/h4-5,11,13H,2-3,6-10,12H2,1H3,(H2,16,17,18);1H. The van der Waals surface area contributed by atoms with E-state index in [4.69, 9.17) is 4.42 Å². The van der Waals surface area contributed by atoms with Gasteiger partial charge in [-0.05, 0) is 37.3 Å². The molecule has 1 aromatic heterocycles. The Bertz CT molecular complexity index is 374. The summed E-state index contributed by atoms with van der Waals surface area (Å²) in [4.78, 5) is 4.64. The number of aliphatic imine (C=N–C) groups is 1. The minimum atomic E-state index is 0. The third-order valence-electron chi connectivity index (χ3n) is 3.27. The maximum atomic E-state index is 5.32. The van der Waals surface area contributed by atoms with E-state index in [0.717, 1.165) is 43.7 Å². The molecule has 5 heteroatoms. The summed E-state index contributed by atoms with van der Waals surface area (Å²) < 4.78 is 5.32. The molecule has 1 aliphatic carbocycles. The van der Waals surface area contributed by atoms with Gasteiger partial charge in [0.2, 0.25) is 0 Å². The van der Waals surface area contributed by atoms with E-state index in [1.165, 1.54) is 25.7 Å². The highest BCUT2D eigenvalue weighted by Crippen LogP contribution is 2.28. The van der Waals surface area contributed by atoms with E-state index in [-0.39, 0.29) is 24.0 Å². The van der Waals surface area contributed by atoms with Gasteiger partial charge >= 0.3 is 0 Å². The Hall–Kier alpha value is -0.720. The van der Waals surface area contributed by atoms with Gasteiger partial charge in [-0.3, -0.25) is 4.99 Å². The zero-order chi connectivity index (χ0) is 13.3. The Balaban J connectivity index is 0.00000200. The van der Waals surface area contributed by atoms with Crippen molar-refractivity contribution in [2.75, 3.05) is 19.6 Å². The van der Waals surface area contributed by atoms with Crippen molar-refractivity contribution < 1.29 is 4.42 Å². The van der Waals surface area contributed by atoms with E-state index in [2.05, 4.69) is 22.5 Å². The van der Waals surface area contributed by atoms with Crippen LogP contribution >= 0.6 is 24.0 Å². The highest BCUT2D eigenvalue weighted by Gasteiger charge is 2.20. The molecule has 20 heavy (non-hydrogen) atoms. The number of nitrogens with zero attached hydrogens (tertiary/aromatic N) is 1. The first-order valence-electron chi connectivity index (χ1n) is 7.43. The van der Waals surface area contributed by atoms with E-state index in [0.29, 0.717) is 0 Å². The molecule has 0 saturated heterocycles. The van der Waals surface area contributed by atoms with Gasteiger partial charge in [-0.15, -0.1) is 24.0 Å². The first-order chi connectivity index (χ1) is 9.38. The van der Waals surface area contributed by atoms with Crippen molar-refractivity contribution in [2.45, 2.75) is 39.0 Å². The van der Waals surface area contributed by atoms with Crippen LogP contribution in [0.25, 0.3) is 0 Å². The van der Waals surface area contributed by atoms with Crippen LogP contribution < -0.4 is 10.6 Å². The predicted molar refractivity (Wildman–Crippen MR) is 93.8 cm³/mol. The summed E-state index contributed by atoms with van der Waals surface area (Å²) in [5.41, 5.74) is 0. The number of furan rings is 1. The molecular formula is C15H26IN3O. The van der Waals surface area contributed by atoms with Crippen LogP contribution in [0.15, 0.2) is 27.8 Å². The van der Waals surface area contributed by atoms with Crippen LogP contribution in [0.1, 0.15) is 38.4 Å². The van der Waals surface area contributed by atoms with Crippen molar-refractivity contribution in [1.82, 2.24) is 10.6 Å². The average Bonchev–Trinajstić information content (AvgIpc) is 3.11. The number of guanidine groups is 1. The highest BCUT2D eigenvalue weighted by atomic mass is 127. The van der Waals surface area contributed by atoms with Crippen LogP contribution in [0, 0.1) is 5.92 Å². The first kappa shape index (κ1) is 17.3. The smallest absolute Gasteiger partial charge is 0.191 e. The van der Waals surface area contributed by atoms with Crippen LogP contribution in [0.3, 0.4) is 0 Å². The van der Waals surface area contributed by atoms with Gasteiger partial charge in [-0.2, -0.15) is 0 Å². The summed E-state index contributed by atoms with van der Waals surface area (Å²) >= 11 is 0. The molecule has 0 bridgehead atoms. The Labute approximate surface area is 138 Å². The number of halogens is 1. The fourth-order valence-corrected chi connectivity index (χ4v) is 1.84. The second kappa shape index (κ2) is 10.1. The lowest BCUT2D eigenvalue weighted by Crippen LogP contribution is -2.39. The van der Waals surface area contributed by atoms with Crippen LogP contribution in [0.2, 0.25) is 0 Å². The third kappa shape index (κ3) is 7.17. The Morgan fingerprint density at radius 1 is 1.35 bits per heavy atom. The minimum Gasteiger partial charge on any atom is -0.469 e. The molecule has 2 N–H and O–H groups in total. The lowest BCUT2D eigenvalue weighted by atomic mass is 10.3. The molecule has 1 heterocycles. The zero-order valence-corrected chi connectivity index (χ0v) is 14.6. The van der Waals surface area contributed by atoms with Crippen LogP contribution in [0.4, 0.5) is 0 Å². The summed E-state index contributed by atoms with van der Waals surface area (Å²) in [6.07, 6.45) is 7.69. The van der Waals surface area contributed by atoms with Crippen molar-refractivity contribution in [2.24, 2.45) is 10.9 Å². The van der Waals surface area contributed by atoms with E-state index < -0.39 is 0 Å². The molecule has 0 unspecified atom stereocenters. The van der Waals surface area contributed by atoms with Gasteiger partial charge in [-0.1, -0.05) is 13.3 Å². The fourth-order valence-electron chi connectivity index (χ4n) is 1.84. The topological polar surface area (TPSA) is 49.6 Å². The highest BCUT2D eigenvalue weighted by molar-refractivity contribution is 14.0. The summed E-state index contributed by atoms with van der Waals surface area (Å²) in [6, 6.07) is 3.93. The van der Waals surface area contributed by atoms with E-state index in [9.17, 15) is 0 Å². The monoisotopic (exact) mass is 391 g/mol. The van der Waals surface area contributed by atoms with Crippen LogP contribution in [0.5, 0.6) is 0 Å². The lowest BCUT2D eigenvalue weighted by molar-refractivity contribution is 0.506. The number of nitrogens with one attached hydrogen (secondary N) is 2. The molecule has 0 radical (unpaired) electrons. The summed E-state index contributed by atoms with van der Waals surface area (Å²) in [5, 5.41) is 6.77. The first-order valence-corrected chi connectivity index (χ1v) is 7.43. The third-order valence-corrected chi connectivity index (χ3v) is 3.27. The molecule has 1 fully saturated rings. The van der Waals surface area contributed by atoms with Gasteiger partial charge in [0.15, 0.2) is 5.96 Å². The summed E-state index contributed by atoms with van der Waals surface area (Å²) in [7, 11) is 0. The summed E-state index contributed by atoms with van der Waals surface area (Å²) in [5.74, 6) is 2.80. The molecule has 0 spiro atoms. The van der Waals surface area contributed by atoms with Crippen molar-refractivity contribution in [3.05, 3.63) is 24.2 Å². The molecule has 1 saturated carbocycles. The maximum absolute atomic E-state index is 5.32. The Morgan fingerprint density at radius 2 is 2.15 bits per heavy atom. The molecule has 1 aliphatic rings. The van der Waals surface area contributed by atoms with Crippen molar-refractivity contribution in [3.8, 4) is 0 Å². The zero-order valence-electron chi connectivity index (χ0n) is 12.2. The Kier molecular flexibility index (Phi) is 8.73. The van der Waals surface area contributed by atoms with E-state index >= 15 is 0 Å². The average molecular weight is 391 g/mol. The molecule has 0 amide bonds. The fraction of sp³-hybridized carbons (Fsp3) is 0.667. The van der Waals surface area contributed by atoms with E-state index in [1.807, 2.05) is 12.1 Å². The molecule has 0 aliphatic heterocycles. The molecule has 114 valence electrons. The van der Waals surface area contributed by atoms with Crippen molar-refractivity contribution in [3.63, 3.8) is 0 Å². The SMILES string of the molecule is CCCCNC(=NCC1CC1)NCCc1ccco1.I. The predicted octanol–water partition coefficient (Wildman–Crippen LogP) is 3.19. The van der Waals surface area contributed by atoms with Crippen LogP contribution in [-0.4, -0.2) is 25.6 Å². The van der Waals surface area contributed by atoms with Gasteiger partial charge < -0.3 is 15.1 Å². The molecule has 4 nitrogen and oxygen atoms in total. The number of rotatable bonds is 8. The normalized spacial score (nSPS) is 14.8. The molecule has 1 aromatic rings. The molecular weight excluding hydrogens is 365 g/mol. The van der Waals surface area contributed by atoms with Gasteiger partial charge in [-0.25, -0.2) is 0 Å². The van der Waals surface area contributed by atoms with Gasteiger partial charge in [0, 0.05) is 26.1 Å². The Morgan fingerprint density at radius 3 is 2.80 bits per heavy atom. The van der Waals surface area contributed by atoms with Crippen molar-refractivity contribution >= 4 is 29.9 Å². The number of unbranched alkanes of at least 4 members (excludes halogenated alkanes) is 1. The number of hydrogen-bond acceptors (Lipinski definition) is 2. The van der Waals surface area contributed by atoms with Gasteiger partial charge in [0.05, 0.1) is 6.26 Å². The number of hydrogen-bond donors (Lipinski definition) is 2. The second-order valence-corrected chi connectivity index (χ2v) is 5.17. The molecule has 2 rings (SSSR count). The van der Waals surface area contributed by atoms with Gasteiger partial charge in [0.25, 0.3) is 0 Å². The lowest BCUT2D eigenvalue weighted by Gasteiger charge is -2.11. The quantitative estimate of drug-likeness (QED) is 0.310. The largest absolute Gasteiger partial charge is 0.469 e. The summed E-state index contributed by atoms with van der Waals surface area (Å²) in [6.45, 7) is 5.01. The molecule has 0 atom stereocenters. The van der Waals surface area contributed by atoms with E-state index in [1.54, 1.807) is 6.26 Å². The maximum Gasteiger partial charge on any atom is 0.191 e. The molecule has 0 aromatic carbocycles. The van der Waals surface area contributed by atoms with Gasteiger partial charge in [0.1, 0.15) is 5.76 Å².